The van der Waals surface area contributed by atoms with E-state index in [2.05, 4.69) is 0 Å². The zero-order chi connectivity index (χ0) is 17.1. The Bertz CT molecular complexity index is 638. The van der Waals surface area contributed by atoms with Crippen molar-refractivity contribution >= 4 is 23.0 Å². The van der Waals surface area contributed by atoms with Crippen LogP contribution in [0.3, 0.4) is 0 Å². The van der Waals surface area contributed by atoms with Gasteiger partial charge in [0.05, 0.1) is 15.9 Å². The molecular formula is C14H18N4O5. The second-order valence-electron chi connectivity index (χ2n) is 5.65. The number of nitro groups is 2. The van der Waals surface area contributed by atoms with E-state index in [1.54, 1.807) is 9.80 Å². The summed E-state index contributed by atoms with van der Waals surface area (Å²) in [6.45, 7) is 5.52. The fraction of sp³-hybridized carbons (Fsp3) is 0.500. The van der Waals surface area contributed by atoms with Crippen LogP contribution in [-0.4, -0.2) is 46.8 Å². The number of carbonyl (C=O) groups excluding carboxylic acids is 1. The summed E-state index contributed by atoms with van der Waals surface area (Å²) in [5.41, 5.74) is -0.255. The Kier molecular flexibility index (Phi) is 4.77. The third-order valence-corrected chi connectivity index (χ3v) is 3.79. The lowest BCUT2D eigenvalue weighted by molar-refractivity contribution is -0.393. The SMILES string of the molecule is CC(C)C(=O)N1CCN(c2ccc([N+](=O)[O-])cc2[N+](=O)[O-])CC1. The Morgan fingerprint density at radius 1 is 1.09 bits per heavy atom. The third kappa shape index (κ3) is 3.55. The van der Waals surface area contributed by atoms with Gasteiger partial charge in [0.1, 0.15) is 5.69 Å². The van der Waals surface area contributed by atoms with Crippen molar-refractivity contribution in [3.8, 4) is 0 Å². The van der Waals surface area contributed by atoms with E-state index in [0.29, 0.717) is 31.9 Å². The summed E-state index contributed by atoms with van der Waals surface area (Å²) in [6.07, 6.45) is 0. The van der Waals surface area contributed by atoms with Crippen molar-refractivity contribution in [1.29, 1.82) is 0 Å². The summed E-state index contributed by atoms with van der Waals surface area (Å²) in [5.74, 6) is -0.0295. The van der Waals surface area contributed by atoms with E-state index in [9.17, 15) is 25.0 Å². The van der Waals surface area contributed by atoms with Gasteiger partial charge < -0.3 is 9.80 Å². The fourth-order valence-electron chi connectivity index (χ4n) is 2.57. The van der Waals surface area contributed by atoms with Crippen LogP contribution in [0, 0.1) is 26.1 Å². The van der Waals surface area contributed by atoms with E-state index in [-0.39, 0.29) is 23.2 Å². The maximum atomic E-state index is 12.0. The number of hydrogen-bond donors (Lipinski definition) is 0. The Balaban J connectivity index is 2.19. The molecule has 9 heteroatoms. The first-order valence-electron chi connectivity index (χ1n) is 7.28. The Labute approximate surface area is 132 Å². The highest BCUT2D eigenvalue weighted by Crippen LogP contribution is 2.32. The lowest BCUT2D eigenvalue weighted by Crippen LogP contribution is -2.50. The Hall–Kier alpha value is -2.71. The van der Waals surface area contributed by atoms with E-state index in [0.717, 1.165) is 6.07 Å². The third-order valence-electron chi connectivity index (χ3n) is 3.79. The number of rotatable bonds is 4. The van der Waals surface area contributed by atoms with Gasteiger partial charge in [0, 0.05) is 38.2 Å². The van der Waals surface area contributed by atoms with Crippen molar-refractivity contribution in [1.82, 2.24) is 4.90 Å². The van der Waals surface area contributed by atoms with Gasteiger partial charge in [-0.05, 0) is 6.07 Å². The Morgan fingerprint density at radius 2 is 1.70 bits per heavy atom. The first kappa shape index (κ1) is 16.7. The molecule has 0 aromatic heterocycles. The van der Waals surface area contributed by atoms with E-state index in [1.165, 1.54) is 12.1 Å². The second kappa shape index (κ2) is 6.59. The molecule has 1 saturated heterocycles. The van der Waals surface area contributed by atoms with Gasteiger partial charge in [-0.2, -0.15) is 0 Å². The topological polar surface area (TPSA) is 110 Å². The lowest BCUT2D eigenvalue weighted by Gasteiger charge is -2.36. The highest BCUT2D eigenvalue weighted by molar-refractivity contribution is 5.78. The highest BCUT2D eigenvalue weighted by atomic mass is 16.6. The molecule has 0 radical (unpaired) electrons. The van der Waals surface area contributed by atoms with E-state index >= 15 is 0 Å². The molecular weight excluding hydrogens is 304 g/mol. The van der Waals surface area contributed by atoms with Crippen LogP contribution in [0.1, 0.15) is 13.8 Å². The molecule has 1 aliphatic rings. The molecule has 0 saturated carbocycles. The minimum absolute atomic E-state index is 0.0582. The van der Waals surface area contributed by atoms with Gasteiger partial charge in [0.2, 0.25) is 5.91 Å². The predicted molar refractivity (Wildman–Crippen MR) is 83.4 cm³/mol. The standard InChI is InChI=1S/C14H18N4O5/c1-10(2)14(19)16-7-5-15(6-8-16)12-4-3-11(17(20)21)9-13(12)18(22)23/h3-4,9-10H,5-8H2,1-2H3. The number of hydrogen-bond acceptors (Lipinski definition) is 6. The summed E-state index contributed by atoms with van der Waals surface area (Å²) >= 11 is 0. The highest BCUT2D eigenvalue weighted by Gasteiger charge is 2.28. The van der Waals surface area contributed by atoms with Crippen molar-refractivity contribution in [2.24, 2.45) is 5.92 Å². The number of piperazine rings is 1. The number of amides is 1. The van der Waals surface area contributed by atoms with E-state index < -0.39 is 9.85 Å². The number of nitrogens with zero attached hydrogens (tertiary/aromatic N) is 4. The average molecular weight is 322 g/mol. The number of non-ortho nitro benzene ring substituents is 1. The van der Waals surface area contributed by atoms with Crippen LogP contribution in [0.15, 0.2) is 18.2 Å². The van der Waals surface area contributed by atoms with Crippen molar-refractivity contribution in [3.63, 3.8) is 0 Å². The van der Waals surface area contributed by atoms with E-state index in [4.69, 9.17) is 0 Å². The zero-order valence-corrected chi connectivity index (χ0v) is 13.0. The molecule has 2 rings (SSSR count). The number of carbonyl (C=O) groups is 1. The minimum atomic E-state index is -0.657. The van der Waals surface area contributed by atoms with Crippen LogP contribution >= 0.6 is 0 Å². The van der Waals surface area contributed by atoms with Gasteiger partial charge in [0.15, 0.2) is 0 Å². The summed E-state index contributed by atoms with van der Waals surface area (Å²) in [7, 11) is 0. The fourth-order valence-corrected chi connectivity index (χ4v) is 2.57. The quantitative estimate of drug-likeness (QED) is 0.617. The minimum Gasteiger partial charge on any atom is -0.362 e. The van der Waals surface area contributed by atoms with Crippen molar-refractivity contribution in [3.05, 3.63) is 38.4 Å². The number of anilines is 1. The van der Waals surface area contributed by atoms with Crippen LogP contribution in [-0.2, 0) is 4.79 Å². The zero-order valence-electron chi connectivity index (χ0n) is 13.0. The first-order valence-corrected chi connectivity index (χ1v) is 7.28. The first-order chi connectivity index (χ1) is 10.8. The molecule has 1 amide bonds. The van der Waals surface area contributed by atoms with Gasteiger partial charge in [-0.25, -0.2) is 0 Å². The van der Waals surface area contributed by atoms with Gasteiger partial charge >= 0.3 is 0 Å². The Morgan fingerprint density at radius 3 is 2.17 bits per heavy atom. The monoisotopic (exact) mass is 322 g/mol. The molecule has 1 aliphatic heterocycles. The lowest BCUT2D eigenvalue weighted by atomic mass is 10.1. The van der Waals surface area contributed by atoms with Crippen LogP contribution in [0.25, 0.3) is 0 Å². The second-order valence-corrected chi connectivity index (χ2v) is 5.65. The van der Waals surface area contributed by atoms with Crippen molar-refractivity contribution in [2.45, 2.75) is 13.8 Å². The maximum absolute atomic E-state index is 12.0. The van der Waals surface area contributed by atoms with E-state index in [1.807, 2.05) is 13.8 Å². The molecule has 1 heterocycles. The molecule has 1 fully saturated rings. The molecule has 0 spiro atoms. The summed E-state index contributed by atoms with van der Waals surface area (Å²) in [6, 6.07) is 3.63. The number of benzene rings is 1. The van der Waals surface area contributed by atoms with Crippen LogP contribution < -0.4 is 4.90 Å². The number of nitro benzene ring substituents is 2. The van der Waals surface area contributed by atoms with Gasteiger partial charge in [0.25, 0.3) is 11.4 Å². The van der Waals surface area contributed by atoms with Gasteiger partial charge in [-0.1, -0.05) is 13.8 Å². The molecule has 0 unspecified atom stereocenters. The molecule has 1 aromatic carbocycles. The molecule has 9 nitrogen and oxygen atoms in total. The van der Waals surface area contributed by atoms with Crippen LogP contribution in [0.4, 0.5) is 17.1 Å². The summed E-state index contributed by atoms with van der Waals surface area (Å²) in [5, 5.41) is 22.0. The summed E-state index contributed by atoms with van der Waals surface area (Å²) < 4.78 is 0. The normalized spacial score (nSPS) is 14.9. The largest absolute Gasteiger partial charge is 0.362 e. The molecule has 0 bridgehead atoms. The molecule has 23 heavy (non-hydrogen) atoms. The predicted octanol–water partition coefficient (Wildman–Crippen LogP) is 1.81. The van der Waals surface area contributed by atoms with Crippen molar-refractivity contribution in [2.75, 3.05) is 31.1 Å². The average Bonchev–Trinajstić information content (AvgIpc) is 2.53. The molecule has 0 aliphatic carbocycles. The van der Waals surface area contributed by atoms with Gasteiger partial charge in [-0.15, -0.1) is 0 Å². The smallest absolute Gasteiger partial charge is 0.299 e. The maximum Gasteiger partial charge on any atom is 0.299 e. The van der Waals surface area contributed by atoms with Crippen molar-refractivity contribution < 1.29 is 14.6 Å². The molecule has 0 atom stereocenters. The van der Waals surface area contributed by atoms with Gasteiger partial charge in [-0.3, -0.25) is 25.0 Å². The molecule has 124 valence electrons. The van der Waals surface area contributed by atoms with Crippen LogP contribution in [0.5, 0.6) is 0 Å². The van der Waals surface area contributed by atoms with Crippen LogP contribution in [0.2, 0.25) is 0 Å². The summed E-state index contributed by atoms with van der Waals surface area (Å²) in [4.78, 5) is 36.2. The molecule has 1 aromatic rings. The molecule has 0 N–H and O–H groups in total.